The van der Waals surface area contributed by atoms with Crippen molar-refractivity contribution in [2.45, 2.75) is 96.8 Å². The molecular formula is C20H43NO4P-. The lowest BCUT2D eigenvalue weighted by Gasteiger charge is -2.23. The van der Waals surface area contributed by atoms with Crippen LogP contribution in [-0.2, 0) is 13.6 Å². The molecule has 0 aliphatic heterocycles. The number of rotatable bonds is 20. The fourth-order valence-corrected chi connectivity index (χ4v) is 3.58. The molecule has 0 saturated heterocycles. The molecule has 0 heterocycles. The molecule has 0 amide bonds. The summed E-state index contributed by atoms with van der Waals surface area (Å²) in [6.07, 6.45) is 17.9. The van der Waals surface area contributed by atoms with Gasteiger partial charge in [-0.2, -0.15) is 0 Å². The van der Waals surface area contributed by atoms with Crippen molar-refractivity contribution < 1.29 is 18.5 Å². The Kier molecular flexibility index (Phi) is 18.5. The molecule has 0 rings (SSSR count). The normalized spacial score (nSPS) is 14.0. The minimum atomic E-state index is -4.11. The molecule has 0 aromatic rings. The van der Waals surface area contributed by atoms with Crippen LogP contribution in [0.4, 0.5) is 0 Å². The van der Waals surface area contributed by atoms with Crippen molar-refractivity contribution in [2.24, 2.45) is 0 Å². The van der Waals surface area contributed by atoms with Crippen LogP contribution in [0, 0.1) is 0 Å². The third-order valence-electron chi connectivity index (χ3n) is 4.54. The van der Waals surface area contributed by atoms with E-state index in [0.29, 0.717) is 6.54 Å². The summed E-state index contributed by atoms with van der Waals surface area (Å²) in [7, 11) is -0.373. The SMILES string of the molecule is CCCCCCCCCCCCCCCCOP(=O)([O-])OCCN(C)C. The molecule has 0 aromatic heterocycles. The third-order valence-corrected chi connectivity index (χ3v) is 5.53. The molecule has 0 saturated carbocycles. The van der Waals surface area contributed by atoms with E-state index in [2.05, 4.69) is 6.92 Å². The molecule has 1 unspecified atom stereocenters. The Balaban J connectivity index is 3.24. The van der Waals surface area contributed by atoms with Gasteiger partial charge in [-0.3, -0.25) is 4.57 Å². The molecule has 0 fully saturated rings. The van der Waals surface area contributed by atoms with E-state index in [-0.39, 0.29) is 13.2 Å². The number of unbranched alkanes of at least 4 members (excludes halogenated alkanes) is 13. The van der Waals surface area contributed by atoms with Gasteiger partial charge >= 0.3 is 0 Å². The Bertz CT molecular complexity index is 340. The van der Waals surface area contributed by atoms with Crippen LogP contribution < -0.4 is 4.89 Å². The van der Waals surface area contributed by atoms with Crippen molar-refractivity contribution >= 4 is 7.82 Å². The van der Waals surface area contributed by atoms with Crippen LogP contribution in [-0.4, -0.2) is 38.8 Å². The van der Waals surface area contributed by atoms with Crippen molar-refractivity contribution in [3.05, 3.63) is 0 Å². The van der Waals surface area contributed by atoms with Crippen LogP contribution in [0.1, 0.15) is 96.8 Å². The molecule has 0 aliphatic rings. The second-order valence-corrected chi connectivity index (χ2v) is 8.92. The van der Waals surface area contributed by atoms with Crippen LogP contribution in [0.5, 0.6) is 0 Å². The van der Waals surface area contributed by atoms with Gasteiger partial charge in [-0.05, 0) is 20.5 Å². The number of likely N-dealkylation sites (N-methyl/N-ethyl adjacent to an activating group) is 1. The summed E-state index contributed by atoms with van der Waals surface area (Å²) in [5.41, 5.74) is 0. The maximum atomic E-state index is 11.5. The Morgan fingerprint density at radius 1 is 0.692 bits per heavy atom. The van der Waals surface area contributed by atoms with Gasteiger partial charge in [-0.1, -0.05) is 90.4 Å². The smallest absolute Gasteiger partial charge is 0.267 e. The second kappa shape index (κ2) is 18.4. The molecule has 0 bridgehead atoms. The van der Waals surface area contributed by atoms with Gasteiger partial charge in [0.15, 0.2) is 0 Å². The monoisotopic (exact) mass is 392 g/mol. The first-order valence-electron chi connectivity index (χ1n) is 10.7. The lowest BCUT2D eigenvalue weighted by atomic mass is 10.0. The fourth-order valence-electron chi connectivity index (χ4n) is 2.85. The van der Waals surface area contributed by atoms with Crippen molar-refractivity contribution in [3.63, 3.8) is 0 Å². The number of nitrogens with zero attached hydrogens (tertiary/aromatic N) is 1. The van der Waals surface area contributed by atoms with Crippen molar-refractivity contribution in [3.8, 4) is 0 Å². The highest BCUT2D eigenvalue weighted by molar-refractivity contribution is 7.45. The van der Waals surface area contributed by atoms with E-state index < -0.39 is 7.82 Å². The first-order chi connectivity index (χ1) is 12.5. The van der Waals surface area contributed by atoms with E-state index in [1.807, 2.05) is 19.0 Å². The molecule has 5 nitrogen and oxygen atoms in total. The molecule has 158 valence electrons. The maximum absolute atomic E-state index is 11.5. The number of hydrogen-bond acceptors (Lipinski definition) is 5. The van der Waals surface area contributed by atoms with Gasteiger partial charge in [0.1, 0.15) is 0 Å². The number of hydrogen-bond donors (Lipinski definition) is 0. The predicted molar refractivity (Wildman–Crippen MR) is 108 cm³/mol. The summed E-state index contributed by atoms with van der Waals surface area (Å²) in [6.45, 7) is 3.21. The zero-order valence-corrected chi connectivity index (χ0v) is 18.4. The van der Waals surface area contributed by atoms with Gasteiger partial charge in [-0.15, -0.1) is 0 Å². The van der Waals surface area contributed by atoms with E-state index in [1.165, 1.54) is 70.6 Å². The summed E-state index contributed by atoms with van der Waals surface area (Å²) in [4.78, 5) is 13.4. The van der Waals surface area contributed by atoms with Gasteiger partial charge in [0, 0.05) is 6.54 Å². The van der Waals surface area contributed by atoms with Gasteiger partial charge in [0.05, 0.1) is 13.2 Å². The summed E-state index contributed by atoms with van der Waals surface area (Å²) in [5, 5.41) is 0. The van der Waals surface area contributed by atoms with Crippen molar-refractivity contribution in [2.75, 3.05) is 33.9 Å². The van der Waals surface area contributed by atoms with E-state index >= 15 is 0 Å². The standard InChI is InChI=1S/C20H44NO4P/c1-4-5-6-7-8-9-10-11-12-13-14-15-16-17-19-24-26(22,23)25-20-18-21(2)3/h4-20H2,1-3H3,(H,22,23)/p-1. The van der Waals surface area contributed by atoms with Crippen LogP contribution in [0.3, 0.4) is 0 Å². The summed E-state index contributed by atoms with van der Waals surface area (Å²) < 4.78 is 21.2. The number of phosphoric acid groups is 1. The Morgan fingerprint density at radius 3 is 1.50 bits per heavy atom. The minimum Gasteiger partial charge on any atom is -0.756 e. The van der Waals surface area contributed by atoms with Crippen LogP contribution in [0.25, 0.3) is 0 Å². The maximum Gasteiger partial charge on any atom is 0.267 e. The fraction of sp³-hybridized carbons (Fsp3) is 1.00. The zero-order chi connectivity index (χ0) is 19.5. The summed E-state index contributed by atoms with van der Waals surface area (Å²) in [5.74, 6) is 0. The average Bonchev–Trinajstić information content (AvgIpc) is 2.57. The molecule has 0 radical (unpaired) electrons. The third kappa shape index (κ3) is 20.4. The first-order valence-corrected chi connectivity index (χ1v) is 12.2. The Morgan fingerprint density at radius 2 is 1.08 bits per heavy atom. The Labute approximate surface area is 162 Å². The molecular weight excluding hydrogens is 349 g/mol. The first kappa shape index (κ1) is 26.1. The van der Waals surface area contributed by atoms with E-state index in [9.17, 15) is 9.46 Å². The minimum absolute atomic E-state index is 0.145. The Hall–Kier alpha value is 0.0700. The van der Waals surface area contributed by atoms with Crippen molar-refractivity contribution in [1.29, 1.82) is 0 Å². The van der Waals surface area contributed by atoms with Gasteiger partial charge < -0.3 is 18.8 Å². The van der Waals surface area contributed by atoms with Gasteiger partial charge in [-0.25, -0.2) is 0 Å². The van der Waals surface area contributed by atoms with Crippen LogP contribution >= 0.6 is 7.82 Å². The molecule has 6 heteroatoms. The van der Waals surface area contributed by atoms with Crippen LogP contribution in [0.2, 0.25) is 0 Å². The average molecular weight is 393 g/mol. The molecule has 0 aromatic carbocycles. The highest BCUT2D eigenvalue weighted by Crippen LogP contribution is 2.38. The largest absolute Gasteiger partial charge is 0.756 e. The van der Waals surface area contributed by atoms with Gasteiger partial charge in [0.25, 0.3) is 7.82 Å². The molecule has 26 heavy (non-hydrogen) atoms. The highest BCUT2D eigenvalue weighted by atomic mass is 31.2. The number of phosphoric ester groups is 1. The molecule has 0 N–H and O–H groups in total. The van der Waals surface area contributed by atoms with Crippen LogP contribution in [0.15, 0.2) is 0 Å². The topological polar surface area (TPSA) is 61.8 Å². The molecule has 0 aliphatic carbocycles. The quantitative estimate of drug-likeness (QED) is 0.201. The van der Waals surface area contributed by atoms with E-state index in [0.717, 1.165) is 19.3 Å². The summed E-state index contributed by atoms with van der Waals surface area (Å²) >= 11 is 0. The lowest BCUT2D eigenvalue weighted by Crippen LogP contribution is -2.19. The highest BCUT2D eigenvalue weighted by Gasteiger charge is 2.08. The zero-order valence-electron chi connectivity index (χ0n) is 17.5. The van der Waals surface area contributed by atoms with E-state index in [1.54, 1.807) is 0 Å². The predicted octanol–water partition coefficient (Wildman–Crippen LogP) is 5.53. The second-order valence-electron chi connectivity index (χ2n) is 7.51. The lowest BCUT2D eigenvalue weighted by molar-refractivity contribution is -0.225. The molecule has 1 atom stereocenters. The van der Waals surface area contributed by atoms with Gasteiger partial charge in [0.2, 0.25) is 0 Å². The summed E-state index contributed by atoms with van der Waals surface area (Å²) in [6, 6.07) is 0. The molecule has 0 spiro atoms. The van der Waals surface area contributed by atoms with E-state index in [4.69, 9.17) is 9.05 Å². The van der Waals surface area contributed by atoms with Crippen molar-refractivity contribution in [1.82, 2.24) is 4.90 Å².